The number of fused-ring (bicyclic) bond motifs is 6. The fraction of sp³-hybridized carbons (Fsp3) is 0.0667. The zero-order valence-electron chi connectivity index (χ0n) is 20.0. The van der Waals surface area contributed by atoms with Gasteiger partial charge in [0, 0.05) is 11.0 Å². The number of halogens is 2. The van der Waals surface area contributed by atoms with Gasteiger partial charge >= 0.3 is 26.2 Å². The molecule has 0 unspecified atom stereocenters. The molecule has 174 valence electrons. The van der Waals surface area contributed by atoms with E-state index >= 15 is 0 Å². The summed E-state index contributed by atoms with van der Waals surface area (Å²) < 4.78 is 0. The Bertz CT molecular complexity index is 1330. The van der Waals surface area contributed by atoms with E-state index in [2.05, 4.69) is 111 Å². The fourth-order valence-electron chi connectivity index (χ4n) is 4.23. The Hall–Kier alpha value is -1.70. The minimum atomic E-state index is 0. The Balaban J connectivity index is 0. The van der Waals surface area contributed by atoms with Crippen molar-refractivity contribution >= 4 is 54.1 Å². The van der Waals surface area contributed by atoms with Gasteiger partial charge in [-0.2, -0.15) is 12.1 Å². The van der Waals surface area contributed by atoms with E-state index in [4.69, 9.17) is 0 Å². The third-order valence-electron chi connectivity index (χ3n) is 5.52. The third kappa shape index (κ3) is 6.70. The van der Waals surface area contributed by atoms with Gasteiger partial charge in [-0.1, -0.05) is 85.3 Å². The smallest absolute Gasteiger partial charge is 1.00 e. The molecule has 0 nitrogen and oxygen atoms in total. The molecule has 6 rings (SSSR count). The molecule has 4 radical (unpaired) electrons. The van der Waals surface area contributed by atoms with E-state index < -0.39 is 0 Å². The van der Waals surface area contributed by atoms with Gasteiger partial charge in [0.15, 0.2) is 0 Å². The van der Waals surface area contributed by atoms with Crippen molar-refractivity contribution in [2.45, 2.75) is 13.8 Å². The topological polar surface area (TPSA) is 0 Å². The predicted octanol–water partition coefficient (Wildman–Crippen LogP) is 2.57. The Kier molecular flexibility index (Phi) is 14.8. The maximum Gasteiger partial charge on any atom is 2.00 e. The number of hydrogen-bond acceptors (Lipinski definition) is 0. The van der Waals surface area contributed by atoms with E-state index in [0.29, 0.717) is 0 Å². The first kappa shape index (κ1) is 34.5. The monoisotopic (exact) mass is 576 g/mol. The second-order valence-electron chi connectivity index (χ2n) is 7.64. The van der Waals surface area contributed by atoms with Crippen LogP contribution in [-0.4, -0.2) is 11.0 Å². The van der Waals surface area contributed by atoms with Crippen molar-refractivity contribution in [2.24, 2.45) is 0 Å². The zero-order chi connectivity index (χ0) is 19.1. The van der Waals surface area contributed by atoms with Crippen molar-refractivity contribution < 1.29 is 51.0 Å². The van der Waals surface area contributed by atoms with E-state index in [1.54, 1.807) is 0 Å². The van der Waals surface area contributed by atoms with Gasteiger partial charge in [0.25, 0.3) is 0 Å². The first-order valence-corrected chi connectivity index (χ1v) is 9.79. The van der Waals surface area contributed by atoms with Crippen LogP contribution in [0.1, 0.15) is 11.1 Å². The molecule has 0 fully saturated rings. The standard InChI is InChI=1S/2C14H11.2CH3.2ClH.Si.Zr/c2*1-10-8-12-7-6-11-4-2-3-5-13(11)14(12)9-10;;;;;;/h2*2-9H,1H3;2*1H3;2*1H;;/q4*-1;;;;+2/p-2. The molecule has 0 aliphatic heterocycles. The fourth-order valence-corrected chi connectivity index (χ4v) is 4.23. The van der Waals surface area contributed by atoms with E-state index in [1.807, 2.05) is 0 Å². The van der Waals surface area contributed by atoms with Gasteiger partial charge in [-0.25, -0.2) is 0 Å². The molecule has 4 heteroatoms. The average molecular weight is 579 g/mol. The molecule has 0 spiro atoms. The minimum absolute atomic E-state index is 0. The van der Waals surface area contributed by atoms with Crippen LogP contribution in [0.5, 0.6) is 0 Å². The maximum absolute atomic E-state index is 2.26. The van der Waals surface area contributed by atoms with Crippen LogP contribution in [0, 0.1) is 28.7 Å². The summed E-state index contributed by atoms with van der Waals surface area (Å²) in [6.45, 7) is 4.30. The van der Waals surface area contributed by atoms with Crippen LogP contribution in [0.4, 0.5) is 0 Å². The number of rotatable bonds is 0. The van der Waals surface area contributed by atoms with Crippen molar-refractivity contribution in [3.8, 4) is 0 Å². The van der Waals surface area contributed by atoms with Gasteiger partial charge in [0.1, 0.15) is 0 Å². The molecule has 6 aromatic rings. The number of aryl methyl sites for hydroxylation is 2. The van der Waals surface area contributed by atoms with Gasteiger partial charge in [-0.3, -0.25) is 0 Å². The van der Waals surface area contributed by atoms with Crippen molar-refractivity contribution in [1.29, 1.82) is 0 Å². The van der Waals surface area contributed by atoms with Gasteiger partial charge < -0.3 is 39.7 Å². The minimum Gasteiger partial charge on any atom is -1.00 e. The molecular formula is C30H28Cl2SiZr-4. The van der Waals surface area contributed by atoms with Crippen LogP contribution in [0.25, 0.3) is 43.1 Å². The van der Waals surface area contributed by atoms with Crippen LogP contribution < -0.4 is 24.8 Å². The molecule has 6 aromatic carbocycles. The first-order valence-electron chi connectivity index (χ1n) is 9.79. The van der Waals surface area contributed by atoms with E-state index in [-0.39, 0.29) is 76.8 Å². The summed E-state index contributed by atoms with van der Waals surface area (Å²) in [5.74, 6) is 0. The second kappa shape index (κ2) is 14.6. The quantitative estimate of drug-likeness (QED) is 0.192. The summed E-state index contributed by atoms with van der Waals surface area (Å²) >= 11 is 0. The Morgan fingerprint density at radius 2 is 0.853 bits per heavy atom. The number of benzene rings is 4. The van der Waals surface area contributed by atoms with Crippen molar-refractivity contribution in [2.75, 3.05) is 0 Å². The van der Waals surface area contributed by atoms with Gasteiger partial charge in [0.2, 0.25) is 0 Å². The molecule has 0 amide bonds. The van der Waals surface area contributed by atoms with Crippen LogP contribution >= 0.6 is 0 Å². The van der Waals surface area contributed by atoms with Crippen molar-refractivity contribution in [1.82, 2.24) is 0 Å². The molecule has 0 heterocycles. The Labute approximate surface area is 240 Å². The van der Waals surface area contributed by atoms with Gasteiger partial charge in [-0.15, -0.1) is 56.9 Å². The maximum atomic E-state index is 2.26. The summed E-state index contributed by atoms with van der Waals surface area (Å²) in [4.78, 5) is 0. The van der Waals surface area contributed by atoms with Crippen molar-refractivity contribution in [3.05, 3.63) is 123 Å². The second-order valence-corrected chi connectivity index (χ2v) is 7.64. The Morgan fingerprint density at radius 3 is 1.24 bits per heavy atom. The molecule has 34 heavy (non-hydrogen) atoms. The molecule has 0 bridgehead atoms. The summed E-state index contributed by atoms with van der Waals surface area (Å²) in [6.07, 6.45) is 0. The van der Waals surface area contributed by atoms with E-state index in [1.165, 1.54) is 54.2 Å². The summed E-state index contributed by atoms with van der Waals surface area (Å²) in [6, 6.07) is 34.9. The summed E-state index contributed by atoms with van der Waals surface area (Å²) in [7, 11) is 0. The largest absolute Gasteiger partial charge is 2.00 e. The molecule has 0 aliphatic carbocycles. The molecule has 0 aliphatic rings. The van der Waals surface area contributed by atoms with E-state index in [0.717, 1.165) is 0 Å². The number of hydrogen-bond donors (Lipinski definition) is 0. The van der Waals surface area contributed by atoms with Crippen LogP contribution in [-0.2, 0) is 26.2 Å². The third-order valence-corrected chi connectivity index (χ3v) is 5.52. The van der Waals surface area contributed by atoms with Crippen LogP contribution in [0.2, 0.25) is 0 Å². The van der Waals surface area contributed by atoms with Gasteiger partial charge in [-0.05, 0) is 10.8 Å². The SMILES string of the molecule is Cc1cc2c(ccc3ccccc32)[cH-]1.Cc1cc2c(ccc3ccccc32)[cH-]1.[CH3-].[CH3-].[Cl-].[Cl-].[Si].[Zr+2]. The van der Waals surface area contributed by atoms with Gasteiger partial charge in [0.05, 0.1) is 0 Å². The van der Waals surface area contributed by atoms with Crippen LogP contribution in [0.15, 0.2) is 97.1 Å². The molecule has 0 aromatic heterocycles. The molecule has 0 saturated carbocycles. The zero-order valence-corrected chi connectivity index (χ0v) is 25.0. The van der Waals surface area contributed by atoms with E-state index in [9.17, 15) is 0 Å². The summed E-state index contributed by atoms with van der Waals surface area (Å²) in [5.41, 5.74) is 2.69. The molecule has 0 N–H and O–H groups in total. The average Bonchev–Trinajstić information content (AvgIpc) is 3.30. The predicted molar refractivity (Wildman–Crippen MR) is 142 cm³/mol. The molecular weight excluding hydrogens is 551 g/mol. The molecule has 0 saturated heterocycles. The summed E-state index contributed by atoms with van der Waals surface area (Å²) in [5, 5.41) is 10.8. The van der Waals surface area contributed by atoms with Crippen LogP contribution in [0.3, 0.4) is 0 Å². The first-order chi connectivity index (χ1) is 13.7. The van der Waals surface area contributed by atoms with Crippen molar-refractivity contribution in [3.63, 3.8) is 0 Å². The normalized spacial score (nSPS) is 9.24. The molecule has 0 atom stereocenters. The Morgan fingerprint density at radius 1 is 0.500 bits per heavy atom.